The lowest BCUT2D eigenvalue weighted by atomic mass is 10.1. The number of ether oxygens (including phenoxy) is 1. The Morgan fingerprint density at radius 1 is 1.65 bits per heavy atom. The quantitative estimate of drug-likeness (QED) is 0.720. The van der Waals surface area contributed by atoms with Crippen LogP contribution in [0.1, 0.15) is 13.8 Å². The Balaban J connectivity index is 2.27. The number of fused-ring (bicyclic) bond motifs is 1. The summed E-state index contributed by atoms with van der Waals surface area (Å²) < 4.78 is 5.26. The van der Waals surface area contributed by atoms with Crippen LogP contribution in [0.3, 0.4) is 0 Å². The zero-order chi connectivity index (χ0) is 12.4. The van der Waals surface area contributed by atoms with E-state index in [1.165, 1.54) is 0 Å². The van der Waals surface area contributed by atoms with E-state index in [1.54, 1.807) is 31.9 Å². The van der Waals surface area contributed by atoms with Crippen LogP contribution in [0.15, 0.2) is 35.1 Å². The minimum atomic E-state index is 0.101. The summed E-state index contributed by atoms with van der Waals surface area (Å²) in [5.41, 5.74) is 0. The number of hydrogen-bond acceptors (Lipinski definition) is 4. The Labute approximate surface area is 106 Å². The lowest BCUT2D eigenvalue weighted by molar-refractivity contribution is -0.112. The summed E-state index contributed by atoms with van der Waals surface area (Å²) in [6.07, 6.45) is 8.00. The van der Waals surface area contributed by atoms with Gasteiger partial charge in [0, 0.05) is 12.6 Å². The second kappa shape index (κ2) is 5.00. The van der Waals surface area contributed by atoms with Crippen molar-refractivity contribution in [2.45, 2.75) is 25.1 Å². The number of likely N-dealkylation sites (N-methyl/N-ethyl adjacent to an activating group) is 1. The first-order chi connectivity index (χ1) is 8.15. The molecule has 0 N–H and O–H groups in total. The van der Waals surface area contributed by atoms with Gasteiger partial charge in [-0.15, -0.1) is 0 Å². The van der Waals surface area contributed by atoms with Gasteiger partial charge in [-0.25, -0.2) is 0 Å². The molecule has 1 saturated heterocycles. The van der Waals surface area contributed by atoms with E-state index in [0.29, 0.717) is 11.3 Å². The Bertz CT molecular complexity index is 412. The molecule has 1 aliphatic heterocycles. The molecule has 1 aliphatic carbocycles. The van der Waals surface area contributed by atoms with Gasteiger partial charge in [0.1, 0.15) is 5.76 Å². The highest BCUT2D eigenvalue weighted by atomic mass is 32.2. The second-order valence-electron chi connectivity index (χ2n) is 4.08. The highest BCUT2D eigenvalue weighted by molar-refractivity contribution is 8.04. The number of methoxy groups -OCH3 is 1. The van der Waals surface area contributed by atoms with Crippen molar-refractivity contribution in [1.82, 2.24) is 4.90 Å². The standard InChI is InChI=1S/C13H17NO2S/c1-4-14-11-8-10(16-3)5-6-12(11)17-13(14)7-9(2)15/h5-8,11-12H,4H2,1-3H3/b13-7-. The maximum atomic E-state index is 11.2. The predicted molar refractivity (Wildman–Crippen MR) is 70.5 cm³/mol. The van der Waals surface area contributed by atoms with Crippen LogP contribution >= 0.6 is 11.8 Å². The summed E-state index contributed by atoms with van der Waals surface area (Å²) in [6, 6.07) is 0.301. The van der Waals surface area contributed by atoms with E-state index >= 15 is 0 Å². The summed E-state index contributed by atoms with van der Waals surface area (Å²) in [5.74, 6) is 0.999. The minimum Gasteiger partial charge on any atom is -0.497 e. The molecule has 4 heteroatoms. The number of carbonyl (C=O) groups excluding carboxylic acids is 1. The fourth-order valence-electron chi connectivity index (χ4n) is 2.15. The third-order valence-corrected chi connectivity index (χ3v) is 4.23. The Hall–Kier alpha value is -1.16. The van der Waals surface area contributed by atoms with Crippen LogP contribution in [0.2, 0.25) is 0 Å². The molecule has 1 fully saturated rings. The largest absolute Gasteiger partial charge is 0.497 e. The lowest BCUT2D eigenvalue weighted by Gasteiger charge is -2.26. The van der Waals surface area contributed by atoms with Crippen molar-refractivity contribution in [2.24, 2.45) is 0 Å². The summed E-state index contributed by atoms with van der Waals surface area (Å²) in [6.45, 7) is 4.60. The SMILES string of the molecule is CCN1/C(=C/C(C)=O)SC2C=CC(OC)=CC21. The van der Waals surface area contributed by atoms with E-state index in [0.717, 1.165) is 17.3 Å². The van der Waals surface area contributed by atoms with Crippen LogP contribution in [0.5, 0.6) is 0 Å². The molecular formula is C13H17NO2S. The zero-order valence-electron chi connectivity index (χ0n) is 10.3. The topological polar surface area (TPSA) is 29.5 Å². The van der Waals surface area contributed by atoms with E-state index in [1.807, 2.05) is 6.08 Å². The van der Waals surface area contributed by atoms with Crippen molar-refractivity contribution in [3.63, 3.8) is 0 Å². The fourth-order valence-corrected chi connectivity index (χ4v) is 3.57. The molecule has 0 amide bonds. The Morgan fingerprint density at radius 2 is 2.41 bits per heavy atom. The minimum absolute atomic E-state index is 0.101. The molecule has 1 heterocycles. The lowest BCUT2D eigenvalue weighted by Crippen LogP contribution is -2.33. The highest BCUT2D eigenvalue weighted by Crippen LogP contribution is 2.42. The van der Waals surface area contributed by atoms with Gasteiger partial charge in [0.25, 0.3) is 0 Å². The predicted octanol–water partition coefficient (Wildman–Crippen LogP) is 2.32. The first-order valence-electron chi connectivity index (χ1n) is 5.75. The summed E-state index contributed by atoms with van der Waals surface area (Å²) >= 11 is 1.75. The number of thioether (sulfide) groups is 1. The monoisotopic (exact) mass is 251 g/mol. The number of ketones is 1. The van der Waals surface area contributed by atoms with E-state index in [2.05, 4.69) is 24.0 Å². The molecule has 0 saturated carbocycles. The van der Waals surface area contributed by atoms with E-state index in [4.69, 9.17) is 4.74 Å². The summed E-state index contributed by atoms with van der Waals surface area (Å²) in [5, 5.41) is 1.45. The van der Waals surface area contributed by atoms with Crippen LogP contribution in [-0.4, -0.2) is 35.6 Å². The highest BCUT2D eigenvalue weighted by Gasteiger charge is 2.36. The van der Waals surface area contributed by atoms with Crippen LogP contribution < -0.4 is 0 Å². The zero-order valence-corrected chi connectivity index (χ0v) is 11.2. The number of nitrogens with zero attached hydrogens (tertiary/aromatic N) is 1. The van der Waals surface area contributed by atoms with Crippen molar-refractivity contribution >= 4 is 17.5 Å². The Kier molecular flexibility index (Phi) is 3.62. The van der Waals surface area contributed by atoms with E-state index < -0.39 is 0 Å². The van der Waals surface area contributed by atoms with Crippen molar-refractivity contribution in [3.05, 3.63) is 35.1 Å². The molecule has 0 aromatic carbocycles. The maximum absolute atomic E-state index is 11.2. The van der Waals surface area contributed by atoms with Crippen molar-refractivity contribution in [1.29, 1.82) is 0 Å². The molecule has 0 aromatic rings. The number of allylic oxidation sites excluding steroid dienone is 2. The van der Waals surface area contributed by atoms with Crippen LogP contribution in [-0.2, 0) is 9.53 Å². The number of hydrogen-bond donors (Lipinski definition) is 0. The van der Waals surface area contributed by atoms with Gasteiger partial charge in [-0.2, -0.15) is 0 Å². The molecule has 92 valence electrons. The van der Waals surface area contributed by atoms with E-state index in [9.17, 15) is 4.79 Å². The molecular weight excluding hydrogens is 234 g/mol. The van der Waals surface area contributed by atoms with Gasteiger partial charge < -0.3 is 9.64 Å². The van der Waals surface area contributed by atoms with Gasteiger partial charge in [-0.3, -0.25) is 4.79 Å². The van der Waals surface area contributed by atoms with Gasteiger partial charge in [0.05, 0.1) is 23.4 Å². The smallest absolute Gasteiger partial charge is 0.155 e. The van der Waals surface area contributed by atoms with Crippen molar-refractivity contribution in [2.75, 3.05) is 13.7 Å². The summed E-state index contributed by atoms with van der Waals surface area (Å²) in [4.78, 5) is 13.5. The van der Waals surface area contributed by atoms with Gasteiger partial charge in [-0.1, -0.05) is 17.8 Å². The van der Waals surface area contributed by atoms with Gasteiger partial charge >= 0.3 is 0 Å². The third kappa shape index (κ3) is 2.41. The first kappa shape index (κ1) is 12.3. The molecule has 0 bridgehead atoms. The van der Waals surface area contributed by atoms with Gasteiger partial charge in [0.15, 0.2) is 5.78 Å². The molecule has 0 radical (unpaired) electrons. The normalized spacial score (nSPS) is 29.2. The maximum Gasteiger partial charge on any atom is 0.155 e. The molecule has 3 nitrogen and oxygen atoms in total. The molecule has 17 heavy (non-hydrogen) atoms. The third-order valence-electron chi connectivity index (χ3n) is 2.92. The first-order valence-corrected chi connectivity index (χ1v) is 6.63. The molecule has 2 unspecified atom stereocenters. The van der Waals surface area contributed by atoms with Gasteiger partial charge in [0.2, 0.25) is 0 Å². The second-order valence-corrected chi connectivity index (χ2v) is 5.28. The fraction of sp³-hybridized carbons (Fsp3) is 0.462. The average Bonchev–Trinajstić information content (AvgIpc) is 2.63. The molecule has 0 aromatic heterocycles. The molecule has 0 spiro atoms. The average molecular weight is 251 g/mol. The molecule has 2 atom stereocenters. The molecule has 2 aliphatic rings. The van der Waals surface area contributed by atoms with E-state index in [-0.39, 0.29) is 5.78 Å². The van der Waals surface area contributed by atoms with Crippen LogP contribution in [0.4, 0.5) is 0 Å². The van der Waals surface area contributed by atoms with Gasteiger partial charge in [-0.05, 0) is 26.0 Å². The number of carbonyl (C=O) groups is 1. The van der Waals surface area contributed by atoms with Crippen LogP contribution in [0.25, 0.3) is 0 Å². The Morgan fingerprint density at radius 3 is 3.00 bits per heavy atom. The van der Waals surface area contributed by atoms with Crippen molar-refractivity contribution < 1.29 is 9.53 Å². The molecule has 2 rings (SSSR count). The van der Waals surface area contributed by atoms with Crippen molar-refractivity contribution in [3.8, 4) is 0 Å². The summed E-state index contributed by atoms with van der Waals surface area (Å²) in [7, 11) is 1.68. The number of rotatable bonds is 3. The van der Waals surface area contributed by atoms with Crippen LogP contribution in [0, 0.1) is 0 Å².